The van der Waals surface area contributed by atoms with Crippen molar-refractivity contribution in [3.8, 4) is 5.75 Å². The summed E-state index contributed by atoms with van der Waals surface area (Å²) in [7, 11) is 1.52. The molecule has 2 rings (SSSR count). The lowest BCUT2D eigenvalue weighted by Crippen LogP contribution is -2.31. The van der Waals surface area contributed by atoms with E-state index in [2.05, 4.69) is 0 Å². The number of hydrogen-bond acceptors (Lipinski definition) is 2. The van der Waals surface area contributed by atoms with Crippen LogP contribution in [0.4, 0.5) is 4.79 Å². The molecule has 22 heavy (non-hydrogen) atoms. The normalized spacial score (nSPS) is 11.7. The zero-order valence-corrected chi connectivity index (χ0v) is 13.0. The highest BCUT2D eigenvalue weighted by molar-refractivity contribution is 6.17. The van der Waals surface area contributed by atoms with E-state index in [0.717, 1.165) is 11.1 Å². The Morgan fingerprint density at radius 1 is 1.23 bits per heavy atom. The molecule has 0 bridgehead atoms. The Labute approximate surface area is 134 Å². The van der Waals surface area contributed by atoms with Gasteiger partial charge >= 0.3 is 6.09 Å². The minimum atomic E-state index is -0.987. The van der Waals surface area contributed by atoms with Gasteiger partial charge in [0.15, 0.2) is 0 Å². The molecule has 5 heteroatoms. The molecule has 0 saturated heterocycles. The highest BCUT2D eigenvalue weighted by Crippen LogP contribution is 2.24. The van der Waals surface area contributed by atoms with Gasteiger partial charge in [0.1, 0.15) is 11.9 Å². The molecule has 116 valence electrons. The predicted molar refractivity (Wildman–Crippen MR) is 86.5 cm³/mol. The van der Waals surface area contributed by atoms with E-state index in [1.165, 1.54) is 11.9 Å². The first kappa shape index (κ1) is 16.2. The van der Waals surface area contributed by atoms with Crippen LogP contribution in [0.3, 0.4) is 0 Å². The van der Waals surface area contributed by atoms with Gasteiger partial charge in [-0.05, 0) is 23.3 Å². The number of amides is 1. The largest absolute Gasteiger partial charge is 0.484 e. The average molecular weight is 320 g/mol. The zero-order chi connectivity index (χ0) is 15.9. The lowest BCUT2D eigenvalue weighted by Gasteiger charge is -2.24. The van der Waals surface area contributed by atoms with Crippen molar-refractivity contribution in [2.75, 3.05) is 13.6 Å². The van der Waals surface area contributed by atoms with Gasteiger partial charge in [-0.15, -0.1) is 11.6 Å². The lowest BCUT2D eigenvalue weighted by molar-refractivity contribution is 0.120. The maximum Gasteiger partial charge on any atom is 0.407 e. The molecule has 1 amide bonds. The summed E-state index contributed by atoms with van der Waals surface area (Å²) in [5, 5.41) is 9.08. The fourth-order valence-corrected chi connectivity index (χ4v) is 2.24. The molecule has 0 heterocycles. The number of hydrogen-bond donors (Lipinski definition) is 1. The first-order valence-electron chi connectivity index (χ1n) is 6.90. The van der Waals surface area contributed by atoms with E-state index in [0.29, 0.717) is 11.6 Å². The summed E-state index contributed by atoms with van der Waals surface area (Å²) >= 11 is 5.84. The van der Waals surface area contributed by atoms with Crippen LogP contribution < -0.4 is 4.74 Å². The highest BCUT2D eigenvalue weighted by atomic mass is 35.5. The summed E-state index contributed by atoms with van der Waals surface area (Å²) in [5.74, 6) is 1.08. The fourth-order valence-electron chi connectivity index (χ4n) is 2.07. The number of nitrogens with zero attached hydrogens (tertiary/aromatic N) is 1. The van der Waals surface area contributed by atoms with E-state index in [1.807, 2.05) is 54.6 Å². The maximum absolute atomic E-state index is 11.1. The van der Waals surface area contributed by atoms with Gasteiger partial charge in [0, 0.05) is 12.9 Å². The molecule has 0 fully saturated rings. The molecule has 0 aliphatic carbocycles. The predicted octanol–water partition coefficient (Wildman–Crippen LogP) is 4.16. The fraction of sp³-hybridized carbons (Fsp3) is 0.235. The maximum atomic E-state index is 11.1. The zero-order valence-electron chi connectivity index (χ0n) is 12.3. The number of carboxylic acid groups (broad SMARTS) is 1. The summed E-state index contributed by atoms with van der Waals surface area (Å²) in [5.41, 5.74) is 1.88. The van der Waals surface area contributed by atoms with Gasteiger partial charge in [0.05, 0.1) is 6.54 Å². The standard InChI is InChI=1S/C17H18ClNO3/c1-19(17(20)21)12-16(14-7-3-2-4-8-14)22-15-9-5-6-13(10-15)11-18/h2-10,16H,11-12H2,1H3,(H,20,21). The summed E-state index contributed by atoms with van der Waals surface area (Å²) in [4.78, 5) is 12.3. The van der Waals surface area contributed by atoms with Crippen molar-refractivity contribution < 1.29 is 14.6 Å². The van der Waals surface area contributed by atoms with Gasteiger partial charge in [-0.3, -0.25) is 0 Å². The molecule has 2 aromatic rings. The monoisotopic (exact) mass is 319 g/mol. The van der Waals surface area contributed by atoms with Crippen LogP contribution >= 0.6 is 11.6 Å². The van der Waals surface area contributed by atoms with Crippen LogP contribution in [0.25, 0.3) is 0 Å². The third-order valence-corrected chi connectivity index (χ3v) is 3.58. The molecule has 0 spiro atoms. The molecule has 1 atom stereocenters. The van der Waals surface area contributed by atoms with Gasteiger partial charge in [0.25, 0.3) is 0 Å². The molecule has 0 aromatic heterocycles. The Morgan fingerprint density at radius 3 is 2.59 bits per heavy atom. The molecule has 0 saturated carbocycles. The number of benzene rings is 2. The van der Waals surface area contributed by atoms with Crippen LogP contribution in [-0.2, 0) is 5.88 Å². The minimum Gasteiger partial charge on any atom is -0.484 e. The Balaban J connectivity index is 2.22. The topological polar surface area (TPSA) is 49.8 Å². The molecule has 2 aromatic carbocycles. The van der Waals surface area contributed by atoms with Crippen molar-refractivity contribution >= 4 is 17.7 Å². The van der Waals surface area contributed by atoms with Crippen molar-refractivity contribution in [3.05, 3.63) is 65.7 Å². The Hall–Kier alpha value is -2.20. The van der Waals surface area contributed by atoms with E-state index in [4.69, 9.17) is 21.4 Å². The Morgan fingerprint density at radius 2 is 1.95 bits per heavy atom. The smallest absolute Gasteiger partial charge is 0.407 e. The molecular weight excluding hydrogens is 302 g/mol. The Kier molecular flexibility index (Phi) is 5.67. The number of likely N-dealkylation sites (N-methyl/N-ethyl adjacent to an activating group) is 1. The first-order chi connectivity index (χ1) is 10.6. The third-order valence-electron chi connectivity index (χ3n) is 3.27. The summed E-state index contributed by atoms with van der Waals surface area (Å²) < 4.78 is 6.00. The molecule has 1 unspecified atom stereocenters. The van der Waals surface area contributed by atoms with Gasteiger partial charge < -0.3 is 14.7 Å². The van der Waals surface area contributed by atoms with Crippen LogP contribution in [0.2, 0.25) is 0 Å². The minimum absolute atomic E-state index is 0.241. The molecule has 0 aliphatic rings. The second kappa shape index (κ2) is 7.71. The van der Waals surface area contributed by atoms with Crippen LogP contribution in [0.15, 0.2) is 54.6 Å². The van der Waals surface area contributed by atoms with Crippen LogP contribution in [0.1, 0.15) is 17.2 Å². The SMILES string of the molecule is CN(CC(Oc1cccc(CCl)c1)c1ccccc1)C(=O)O. The summed E-state index contributed by atoms with van der Waals surface area (Å²) in [6.07, 6.45) is -1.37. The number of carbonyl (C=O) groups is 1. The molecule has 1 N–H and O–H groups in total. The second-order valence-electron chi connectivity index (χ2n) is 4.96. The average Bonchev–Trinajstić information content (AvgIpc) is 2.55. The quantitative estimate of drug-likeness (QED) is 0.813. The molecule has 0 aliphatic heterocycles. The lowest BCUT2D eigenvalue weighted by atomic mass is 10.1. The number of rotatable bonds is 6. The Bertz CT molecular complexity index is 618. The van der Waals surface area contributed by atoms with E-state index >= 15 is 0 Å². The van der Waals surface area contributed by atoms with Crippen molar-refractivity contribution in [1.82, 2.24) is 4.90 Å². The van der Waals surface area contributed by atoms with Crippen molar-refractivity contribution in [2.45, 2.75) is 12.0 Å². The van der Waals surface area contributed by atoms with Gasteiger partial charge in [0.2, 0.25) is 0 Å². The number of alkyl halides is 1. The van der Waals surface area contributed by atoms with Crippen LogP contribution in [-0.4, -0.2) is 29.7 Å². The highest BCUT2D eigenvalue weighted by Gasteiger charge is 2.18. The summed E-state index contributed by atoms with van der Waals surface area (Å²) in [6, 6.07) is 17.1. The van der Waals surface area contributed by atoms with E-state index in [1.54, 1.807) is 0 Å². The van der Waals surface area contributed by atoms with Gasteiger partial charge in [-0.1, -0.05) is 42.5 Å². The van der Waals surface area contributed by atoms with E-state index in [9.17, 15) is 4.79 Å². The van der Waals surface area contributed by atoms with Crippen LogP contribution in [0, 0.1) is 0 Å². The number of halogens is 1. The first-order valence-corrected chi connectivity index (χ1v) is 7.44. The third kappa shape index (κ3) is 4.40. The number of ether oxygens (including phenoxy) is 1. The molecular formula is C17H18ClNO3. The summed E-state index contributed by atoms with van der Waals surface area (Å²) in [6.45, 7) is 0.241. The molecule has 0 radical (unpaired) electrons. The van der Waals surface area contributed by atoms with Crippen molar-refractivity contribution in [2.24, 2.45) is 0 Å². The van der Waals surface area contributed by atoms with Crippen molar-refractivity contribution in [3.63, 3.8) is 0 Å². The van der Waals surface area contributed by atoms with Gasteiger partial charge in [-0.2, -0.15) is 0 Å². The van der Waals surface area contributed by atoms with E-state index < -0.39 is 6.09 Å². The van der Waals surface area contributed by atoms with Crippen molar-refractivity contribution in [1.29, 1.82) is 0 Å². The molecule has 4 nitrogen and oxygen atoms in total. The second-order valence-corrected chi connectivity index (χ2v) is 5.23. The van der Waals surface area contributed by atoms with Crippen LogP contribution in [0.5, 0.6) is 5.75 Å². The van der Waals surface area contributed by atoms with E-state index in [-0.39, 0.29) is 12.6 Å². The van der Waals surface area contributed by atoms with Gasteiger partial charge in [-0.25, -0.2) is 4.79 Å².